The van der Waals surface area contributed by atoms with Crippen LogP contribution in [0.15, 0.2) is 18.2 Å². The molecule has 1 aromatic rings. The largest absolute Gasteiger partial charge is 0.491 e. The van der Waals surface area contributed by atoms with Crippen LogP contribution in [0.3, 0.4) is 0 Å². The minimum Gasteiger partial charge on any atom is -0.491 e. The van der Waals surface area contributed by atoms with Crippen molar-refractivity contribution in [2.45, 2.75) is 25.6 Å². The van der Waals surface area contributed by atoms with Crippen LogP contribution in [-0.4, -0.2) is 48.5 Å². The average Bonchev–Trinajstić information content (AvgIpc) is 2.40. The first-order valence-electron chi connectivity index (χ1n) is 6.14. The molecule has 0 aromatic heterocycles. The second-order valence-electron chi connectivity index (χ2n) is 4.44. The number of benzene rings is 1. The third kappa shape index (κ3) is 6.00. The molecule has 0 spiro atoms. The van der Waals surface area contributed by atoms with Crippen molar-refractivity contribution in [3.8, 4) is 5.75 Å². The molecule has 0 saturated heterocycles. The Kier molecular flexibility index (Phi) is 7.15. The maximum Gasteiger partial charge on any atom is 0.265 e. The summed E-state index contributed by atoms with van der Waals surface area (Å²) in [5, 5.41) is 21.6. The van der Waals surface area contributed by atoms with Crippen LogP contribution < -0.4 is 10.1 Å². The molecular formula is C13H18ClF2NO3. The quantitative estimate of drug-likeness (QED) is 0.683. The van der Waals surface area contributed by atoms with Crippen molar-refractivity contribution in [2.75, 3.05) is 19.7 Å². The maximum atomic E-state index is 12.0. The zero-order valence-corrected chi connectivity index (χ0v) is 11.8. The molecule has 2 atom stereocenters. The van der Waals surface area contributed by atoms with Gasteiger partial charge in [0.25, 0.3) is 6.43 Å². The molecule has 1 rings (SSSR count). The summed E-state index contributed by atoms with van der Waals surface area (Å²) in [5.74, 6) is 0.568. The minimum atomic E-state index is -2.80. The van der Waals surface area contributed by atoms with Crippen LogP contribution in [0, 0.1) is 6.92 Å². The van der Waals surface area contributed by atoms with Crippen molar-refractivity contribution < 1.29 is 23.7 Å². The van der Waals surface area contributed by atoms with Gasteiger partial charge in [-0.25, -0.2) is 8.78 Å². The molecule has 0 aliphatic heterocycles. The SMILES string of the molecule is Cc1cc(OCC(O)CNCC(O)C(F)F)ccc1Cl. The number of aliphatic hydroxyl groups is 2. The van der Waals surface area contributed by atoms with Crippen LogP contribution in [0.25, 0.3) is 0 Å². The molecule has 0 amide bonds. The molecule has 0 aliphatic carbocycles. The number of halogens is 3. The highest BCUT2D eigenvalue weighted by molar-refractivity contribution is 6.31. The Bertz CT molecular complexity index is 421. The standard InChI is InChI=1S/C13H18ClF2NO3/c1-8-4-10(2-3-11(8)14)20-7-9(18)5-17-6-12(19)13(15)16/h2-4,9,12-13,17-19H,5-7H2,1H3. The summed E-state index contributed by atoms with van der Waals surface area (Å²) in [6.45, 7) is 1.61. The zero-order chi connectivity index (χ0) is 15.1. The van der Waals surface area contributed by atoms with E-state index in [-0.39, 0.29) is 19.7 Å². The summed E-state index contributed by atoms with van der Waals surface area (Å²) in [4.78, 5) is 0. The number of nitrogens with one attached hydrogen (secondary N) is 1. The molecule has 2 unspecified atom stereocenters. The lowest BCUT2D eigenvalue weighted by atomic mass is 10.2. The van der Waals surface area contributed by atoms with E-state index in [4.69, 9.17) is 21.4 Å². The van der Waals surface area contributed by atoms with Gasteiger partial charge >= 0.3 is 0 Å². The molecule has 4 nitrogen and oxygen atoms in total. The number of aryl methyl sites for hydroxylation is 1. The van der Waals surface area contributed by atoms with Crippen molar-refractivity contribution in [1.29, 1.82) is 0 Å². The molecule has 0 saturated carbocycles. The number of rotatable bonds is 8. The molecule has 0 fully saturated rings. The highest BCUT2D eigenvalue weighted by Crippen LogP contribution is 2.21. The van der Waals surface area contributed by atoms with Crippen LogP contribution in [-0.2, 0) is 0 Å². The summed E-state index contributed by atoms with van der Waals surface area (Å²) in [6.07, 6.45) is -5.40. The van der Waals surface area contributed by atoms with Gasteiger partial charge in [0.2, 0.25) is 0 Å². The summed E-state index contributed by atoms with van der Waals surface area (Å²) in [6, 6.07) is 5.11. The first-order valence-corrected chi connectivity index (χ1v) is 6.52. The highest BCUT2D eigenvalue weighted by atomic mass is 35.5. The third-order valence-corrected chi connectivity index (χ3v) is 3.02. The van der Waals surface area contributed by atoms with E-state index in [1.807, 2.05) is 6.92 Å². The van der Waals surface area contributed by atoms with Gasteiger partial charge in [-0.15, -0.1) is 0 Å². The van der Waals surface area contributed by atoms with Crippen LogP contribution in [0.2, 0.25) is 5.02 Å². The maximum absolute atomic E-state index is 12.0. The van der Waals surface area contributed by atoms with E-state index in [9.17, 15) is 13.9 Å². The first kappa shape index (κ1) is 17.1. The lowest BCUT2D eigenvalue weighted by Gasteiger charge is -2.15. The molecule has 0 aliphatic rings. The Morgan fingerprint density at radius 2 is 2.00 bits per heavy atom. The highest BCUT2D eigenvalue weighted by Gasteiger charge is 2.16. The van der Waals surface area contributed by atoms with Crippen molar-refractivity contribution in [3.63, 3.8) is 0 Å². The van der Waals surface area contributed by atoms with Crippen LogP contribution in [0.4, 0.5) is 8.78 Å². The fourth-order valence-electron chi connectivity index (χ4n) is 1.45. The zero-order valence-electron chi connectivity index (χ0n) is 11.0. The van der Waals surface area contributed by atoms with Crippen molar-refractivity contribution in [1.82, 2.24) is 5.32 Å². The lowest BCUT2D eigenvalue weighted by Crippen LogP contribution is -2.38. The van der Waals surface area contributed by atoms with E-state index in [1.54, 1.807) is 18.2 Å². The van der Waals surface area contributed by atoms with Gasteiger partial charge in [0.15, 0.2) is 0 Å². The summed E-state index contributed by atoms with van der Waals surface area (Å²) < 4.78 is 29.4. The predicted molar refractivity (Wildman–Crippen MR) is 72.6 cm³/mol. The summed E-state index contributed by atoms with van der Waals surface area (Å²) >= 11 is 5.87. The van der Waals surface area contributed by atoms with Gasteiger partial charge in [0.1, 0.15) is 24.6 Å². The normalized spacial score (nSPS) is 14.3. The van der Waals surface area contributed by atoms with Gasteiger partial charge in [-0.1, -0.05) is 11.6 Å². The Labute approximate surface area is 121 Å². The Morgan fingerprint density at radius 3 is 2.60 bits per heavy atom. The number of hydrogen-bond donors (Lipinski definition) is 3. The van der Waals surface area contributed by atoms with Crippen molar-refractivity contribution in [3.05, 3.63) is 28.8 Å². The van der Waals surface area contributed by atoms with Crippen molar-refractivity contribution >= 4 is 11.6 Å². The average molecular weight is 310 g/mol. The summed E-state index contributed by atoms with van der Waals surface area (Å²) in [7, 11) is 0. The van der Waals surface area contributed by atoms with Gasteiger partial charge < -0.3 is 20.3 Å². The number of hydrogen-bond acceptors (Lipinski definition) is 4. The Hall–Kier alpha value is -0.950. The number of ether oxygens (including phenoxy) is 1. The first-order chi connectivity index (χ1) is 9.40. The van der Waals surface area contributed by atoms with Gasteiger partial charge in [0, 0.05) is 18.1 Å². The molecule has 0 heterocycles. The molecular weight excluding hydrogens is 292 g/mol. The predicted octanol–water partition coefficient (Wildman–Crippen LogP) is 1.60. The number of alkyl halides is 2. The van der Waals surface area contributed by atoms with Gasteiger partial charge in [-0.3, -0.25) is 0 Å². The fourth-order valence-corrected chi connectivity index (χ4v) is 1.56. The molecule has 0 bridgehead atoms. The Balaban J connectivity index is 2.25. The molecule has 1 aromatic carbocycles. The smallest absolute Gasteiger partial charge is 0.265 e. The van der Waals surface area contributed by atoms with E-state index in [0.29, 0.717) is 10.8 Å². The molecule has 0 radical (unpaired) electrons. The van der Waals surface area contributed by atoms with Gasteiger partial charge in [-0.05, 0) is 30.7 Å². The van der Waals surface area contributed by atoms with Gasteiger partial charge in [0.05, 0.1) is 0 Å². The van der Waals surface area contributed by atoms with E-state index in [0.717, 1.165) is 5.56 Å². The number of aliphatic hydroxyl groups excluding tert-OH is 2. The van der Waals surface area contributed by atoms with E-state index >= 15 is 0 Å². The van der Waals surface area contributed by atoms with Crippen molar-refractivity contribution in [2.24, 2.45) is 0 Å². The molecule has 3 N–H and O–H groups in total. The van der Waals surface area contributed by atoms with Crippen LogP contribution in [0.1, 0.15) is 5.56 Å². The lowest BCUT2D eigenvalue weighted by molar-refractivity contribution is -0.00529. The molecule has 20 heavy (non-hydrogen) atoms. The third-order valence-electron chi connectivity index (χ3n) is 2.60. The van der Waals surface area contributed by atoms with Gasteiger partial charge in [-0.2, -0.15) is 0 Å². The monoisotopic (exact) mass is 309 g/mol. The van der Waals surface area contributed by atoms with E-state index in [1.165, 1.54) is 0 Å². The van der Waals surface area contributed by atoms with E-state index < -0.39 is 18.6 Å². The second-order valence-corrected chi connectivity index (χ2v) is 4.84. The summed E-state index contributed by atoms with van der Waals surface area (Å²) in [5.41, 5.74) is 0.858. The minimum absolute atomic E-state index is 0.0127. The molecule has 7 heteroatoms. The van der Waals surface area contributed by atoms with Crippen LogP contribution >= 0.6 is 11.6 Å². The second kappa shape index (κ2) is 8.36. The topological polar surface area (TPSA) is 61.7 Å². The Morgan fingerprint density at radius 1 is 1.30 bits per heavy atom. The van der Waals surface area contributed by atoms with Crippen LogP contribution in [0.5, 0.6) is 5.75 Å². The van der Waals surface area contributed by atoms with E-state index in [2.05, 4.69) is 5.32 Å². The fraction of sp³-hybridized carbons (Fsp3) is 0.538. The molecule has 114 valence electrons.